The first-order valence-corrected chi connectivity index (χ1v) is 10.5. The second kappa shape index (κ2) is 10.5. The van der Waals surface area contributed by atoms with E-state index < -0.39 is 33.9 Å². The Morgan fingerprint density at radius 2 is 1.52 bits per heavy atom. The Labute approximate surface area is 180 Å². The minimum atomic E-state index is -4.89. The molecule has 0 bridgehead atoms. The van der Waals surface area contributed by atoms with Gasteiger partial charge in [-0.25, -0.2) is 13.1 Å². The van der Waals surface area contributed by atoms with Gasteiger partial charge in [0.15, 0.2) is 0 Å². The number of carbonyl (C=O) groups is 2. The zero-order chi connectivity index (χ0) is 23.1. The largest absolute Gasteiger partial charge is 0.573 e. The normalized spacial score (nSPS) is 11.6. The number of rotatable bonds is 8. The fraction of sp³-hybridized carbons (Fsp3) is 0.222. The number of sulfonamides is 1. The predicted molar refractivity (Wildman–Crippen MR) is 104 cm³/mol. The lowest BCUT2D eigenvalue weighted by atomic mass is 10.1. The van der Waals surface area contributed by atoms with Gasteiger partial charge >= 0.3 is 6.36 Å². The number of hydrogen-bond acceptors (Lipinski definition) is 5. The predicted octanol–water partition coefficient (Wildman–Crippen LogP) is 2.30. The quantitative estimate of drug-likeness (QED) is 0.503. The molecule has 0 atom stereocenters. The first kappa shape index (κ1) is 24.4. The van der Waals surface area contributed by atoms with Gasteiger partial charge in [-0.05, 0) is 42.0 Å². The first-order chi connectivity index (χ1) is 14.4. The van der Waals surface area contributed by atoms with Crippen LogP contribution in [0.4, 0.5) is 13.2 Å². The lowest BCUT2D eigenvalue weighted by Crippen LogP contribution is -2.43. The molecule has 0 saturated heterocycles. The number of nitrogens with one attached hydrogen (secondary N) is 3. The average molecular weight is 480 g/mol. The van der Waals surface area contributed by atoms with Gasteiger partial charge in [-0.2, -0.15) is 0 Å². The van der Waals surface area contributed by atoms with Crippen LogP contribution in [0, 0.1) is 0 Å². The summed E-state index contributed by atoms with van der Waals surface area (Å²) < 4.78 is 66.4. The van der Waals surface area contributed by atoms with E-state index in [0.717, 1.165) is 24.3 Å². The molecule has 0 fully saturated rings. The summed E-state index contributed by atoms with van der Waals surface area (Å²) in [6, 6.07) is 10.1. The average Bonchev–Trinajstić information content (AvgIpc) is 2.67. The van der Waals surface area contributed by atoms with Crippen molar-refractivity contribution in [1.82, 2.24) is 15.6 Å². The molecule has 8 nitrogen and oxygen atoms in total. The molecular weight excluding hydrogens is 463 g/mol. The van der Waals surface area contributed by atoms with Crippen molar-refractivity contribution in [1.29, 1.82) is 0 Å². The number of halogens is 4. The molecule has 2 rings (SSSR count). The second-order valence-electron chi connectivity index (χ2n) is 6.07. The molecule has 0 spiro atoms. The molecule has 0 aliphatic carbocycles. The van der Waals surface area contributed by atoms with Crippen LogP contribution in [0.2, 0.25) is 5.02 Å². The van der Waals surface area contributed by atoms with Crippen molar-refractivity contribution >= 4 is 33.4 Å². The van der Waals surface area contributed by atoms with Gasteiger partial charge in [-0.3, -0.25) is 20.4 Å². The second-order valence-corrected chi connectivity index (χ2v) is 8.27. The third-order valence-electron chi connectivity index (χ3n) is 3.63. The minimum Gasteiger partial charge on any atom is -0.406 e. The Hall–Kier alpha value is -2.83. The van der Waals surface area contributed by atoms with Gasteiger partial charge in [-0.1, -0.05) is 23.7 Å². The molecule has 2 aromatic rings. The topological polar surface area (TPSA) is 114 Å². The van der Waals surface area contributed by atoms with Crippen LogP contribution in [-0.2, 0) is 26.0 Å². The molecule has 0 aliphatic rings. The van der Waals surface area contributed by atoms with Crippen LogP contribution in [0.5, 0.6) is 5.75 Å². The van der Waals surface area contributed by atoms with Gasteiger partial charge in [0.2, 0.25) is 21.8 Å². The molecule has 13 heteroatoms. The molecule has 2 amide bonds. The van der Waals surface area contributed by atoms with Gasteiger partial charge in [0, 0.05) is 18.0 Å². The van der Waals surface area contributed by atoms with Gasteiger partial charge in [0.25, 0.3) is 0 Å². The van der Waals surface area contributed by atoms with Crippen LogP contribution >= 0.6 is 11.6 Å². The van der Waals surface area contributed by atoms with Gasteiger partial charge in [0.05, 0.1) is 11.3 Å². The van der Waals surface area contributed by atoms with Crippen LogP contribution < -0.4 is 20.3 Å². The lowest BCUT2D eigenvalue weighted by molar-refractivity contribution is -0.274. The number of amides is 2. The third-order valence-corrected chi connectivity index (χ3v) is 5.36. The SMILES string of the molecule is O=C(CCNS(=O)(=O)c1ccc(OC(F)(F)F)cc1)NNC(=O)Cc1ccc(Cl)cc1. The van der Waals surface area contributed by atoms with Crippen molar-refractivity contribution in [3.63, 3.8) is 0 Å². The highest BCUT2D eigenvalue weighted by Gasteiger charge is 2.31. The van der Waals surface area contributed by atoms with E-state index in [9.17, 15) is 31.2 Å². The number of hydrogen-bond donors (Lipinski definition) is 3. The molecule has 0 aromatic heterocycles. The number of benzene rings is 2. The maximum atomic E-state index is 12.1. The highest BCUT2D eigenvalue weighted by Crippen LogP contribution is 2.23. The van der Waals surface area contributed by atoms with E-state index in [4.69, 9.17) is 11.6 Å². The first-order valence-electron chi connectivity index (χ1n) is 8.62. The van der Waals surface area contributed by atoms with Crippen molar-refractivity contribution in [3.8, 4) is 5.75 Å². The summed E-state index contributed by atoms with van der Waals surface area (Å²) in [7, 11) is -4.06. The van der Waals surface area contributed by atoms with Crippen LogP contribution in [-0.4, -0.2) is 33.1 Å². The van der Waals surface area contributed by atoms with Gasteiger partial charge in [0.1, 0.15) is 5.75 Å². The Kier molecular flexibility index (Phi) is 8.25. The minimum absolute atomic E-state index is 0.00186. The molecule has 0 aliphatic heterocycles. The summed E-state index contributed by atoms with van der Waals surface area (Å²) >= 11 is 5.75. The summed E-state index contributed by atoms with van der Waals surface area (Å²) in [5.74, 6) is -1.71. The highest BCUT2D eigenvalue weighted by atomic mass is 35.5. The van der Waals surface area contributed by atoms with E-state index in [2.05, 4.69) is 20.3 Å². The van der Waals surface area contributed by atoms with E-state index in [1.165, 1.54) is 0 Å². The van der Waals surface area contributed by atoms with E-state index in [1.54, 1.807) is 24.3 Å². The Morgan fingerprint density at radius 1 is 0.935 bits per heavy atom. The molecule has 31 heavy (non-hydrogen) atoms. The number of ether oxygens (including phenoxy) is 1. The number of hydrazine groups is 1. The smallest absolute Gasteiger partial charge is 0.406 e. The fourth-order valence-electron chi connectivity index (χ4n) is 2.24. The molecule has 0 radical (unpaired) electrons. The van der Waals surface area contributed by atoms with Crippen molar-refractivity contribution < 1.29 is 35.9 Å². The van der Waals surface area contributed by atoms with Gasteiger partial charge in [-0.15, -0.1) is 13.2 Å². The molecule has 0 heterocycles. The molecule has 2 aromatic carbocycles. The molecule has 0 unspecified atom stereocenters. The molecule has 168 valence electrons. The van der Waals surface area contributed by atoms with E-state index in [1.807, 2.05) is 0 Å². The van der Waals surface area contributed by atoms with Crippen LogP contribution in [0.3, 0.4) is 0 Å². The van der Waals surface area contributed by atoms with E-state index in [0.29, 0.717) is 10.6 Å². The number of alkyl halides is 3. The highest BCUT2D eigenvalue weighted by molar-refractivity contribution is 7.89. The monoisotopic (exact) mass is 479 g/mol. The lowest BCUT2D eigenvalue weighted by Gasteiger charge is -2.10. The van der Waals surface area contributed by atoms with Crippen LogP contribution in [0.1, 0.15) is 12.0 Å². The Morgan fingerprint density at radius 3 is 2.10 bits per heavy atom. The summed E-state index contributed by atoms with van der Waals surface area (Å²) in [5, 5.41) is 0.519. The summed E-state index contributed by atoms with van der Waals surface area (Å²) in [6.45, 7) is -0.304. The third kappa shape index (κ3) is 8.82. The van der Waals surface area contributed by atoms with Crippen molar-refractivity contribution in [3.05, 3.63) is 59.1 Å². The summed E-state index contributed by atoms with van der Waals surface area (Å²) in [6.07, 6.45) is -5.19. The molecular formula is C18H17ClF3N3O5S. The van der Waals surface area contributed by atoms with Gasteiger partial charge < -0.3 is 4.74 Å². The van der Waals surface area contributed by atoms with Crippen molar-refractivity contribution in [2.45, 2.75) is 24.1 Å². The Balaban J connectivity index is 1.75. The molecule has 0 saturated carbocycles. The number of carbonyl (C=O) groups excluding carboxylic acids is 2. The summed E-state index contributed by atoms with van der Waals surface area (Å²) in [4.78, 5) is 23.2. The zero-order valence-corrected chi connectivity index (χ0v) is 17.3. The van der Waals surface area contributed by atoms with Crippen LogP contribution in [0.15, 0.2) is 53.4 Å². The molecule has 3 N–H and O–H groups in total. The standard InChI is InChI=1S/C18H17ClF3N3O5S/c19-13-3-1-12(2-4-13)11-17(27)25-24-16(26)9-10-23-31(28,29)15-7-5-14(6-8-15)30-18(20,21)22/h1-8,23H,9-11H2,(H,24,26)(H,25,27). The Bertz CT molecular complexity index is 1010. The van der Waals surface area contributed by atoms with Crippen molar-refractivity contribution in [2.24, 2.45) is 0 Å². The maximum absolute atomic E-state index is 12.1. The summed E-state index contributed by atoms with van der Waals surface area (Å²) in [5.41, 5.74) is 5.02. The van der Waals surface area contributed by atoms with Crippen molar-refractivity contribution in [2.75, 3.05) is 6.54 Å². The zero-order valence-electron chi connectivity index (χ0n) is 15.7. The van der Waals surface area contributed by atoms with E-state index in [-0.39, 0.29) is 24.3 Å². The van der Waals surface area contributed by atoms with Crippen LogP contribution in [0.25, 0.3) is 0 Å². The maximum Gasteiger partial charge on any atom is 0.573 e. The van der Waals surface area contributed by atoms with E-state index >= 15 is 0 Å². The fourth-order valence-corrected chi connectivity index (χ4v) is 3.39.